The molecule has 1 atom stereocenters. The maximum atomic E-state index is 11.9. The van der Waals surface area contributed by atoms with Crippen LogP contribution in [0.1, 0.15) is 15.9 Å². The first-order valence-electron chi connectivity index (χ1n) is 6.79. The van der Waals surface area contributed by atoms with E-state index in [4.69, 9.17) is 22.4 Å². The second kappa shape index (κ2) is 7.56. The number of aliphatic hydroxyl groups is 1. The molecule has 2 rings (SSSR count). The molecule has 1 saturated heterocycles. The van der Waals surface area contributed by atoms with Gasteiger partial charge in [-0.05, 0) is 23.8 Å². The second-order valence-electron chi connectivity index (χ2n) is 4.91. The minimum absolute atomic E-state index is 0.181. The number of rotatable bonds is 5. The Morgan fingerprint density at radius 2 is 2.00 bits per heavy atom. The Morgan fingerprint density at radius 1 is 1.38 bits per heavy atom. The second-order valence-corrected chi connectivity index (χ2v) is 6.59. The molecule has 1 aliphatic heterocycles. The van der Waals surface area contributed by atoms with Gasteiger partial charge in [0.25, 0.3) is 11.8 Å². The van der Waals surface area contributed by atoms with Crippen LogP contribution in [0, 0.1) is 0 Å². The van der Waals surface area contributed by atoms with Gasteiger partial charge in [-0.3, -0.25) is 14.5 Å². The molecule has 126 valence electrons. The summed E-state index contributed by atoms with van der Waals surface area (Å²) in [6.07, 6.45) is 1.66. The van der Waals surface area contributed by atoms with Gasteiger partial charge < -0.3 is 15.5 Å². The first-order chi connectivity index (χ1) is 11.3. The smallest absolute Gasteiger partial charge is 0.328 e. The van der Waals surface area contributed by atoms with Crippen molar-refractivity contribution in [1.29, 1.82) is 0 Å². The Kier molecular flexibility index (Phi) is 5.71. The molecular weight excluding hydrogens is 352 g/mol. The average molecular weight is 366 g/mol. The van der Waals surface area contributed by atoms with Gasteiger partial charge in [-0.1, -0.05) is 36.1 Å². The predicted octanol–water partition coefficient (Wildman–Crippen LogP) is 0.693. The Bertz CT molecular complexity index is 730. The molecule has 2 amide bonds. The number of carbonyl (C=O) groups excluding carboxylic acids is 2. The van der Waals surface area contributed by atoms with Crippen LogP contribution in [0.25, 0.3) is 6.08 Å². The highest BCUT2D eigenvalue weighted by atomic mass is 32.2. The number of carbonyl (C=O) groups is 3. The lowest BCUT2D eigenvalue weighted by Gasteiger charge is -2.11. The summed E-state index contributed by atoms with van der Waals surface area (Å²) in [5.41, 5.74) is 0.951. The summed E-state index contributed by atoms with van der Waals surface area (Å²) in [6, 6.07) is 4.91. The van der Waals surface area contributed by atoms with Gasteiger partial charge >= 0.3 is 5.97 Å². The molecule has 0 saturated carbocycles. The quantitative estimate of drug-likeness (QED) is 0.520. The van der Waals surface area contributed by atoms with Crippen LogP contribution in [0.2, 0.25) is 0 Å². The van der Waals surface area contributed by atoms with Gasteiger partial charge in [0.2, 0.25) is 0 Å². The van der Waals surface area contributed by atoms with Crippen LogP contribution in [0.3, 0.4) is 0 Å². The average Bonchev–Trinajstić information content (AvgIpc) is 2.79. The van der Waals surface area contributed by atoms with Crippen LogP contribution in [-0.2, 0) is 9.59 Å². The number of hydrogen-bond donors (Lipinski definition) is 3. The van der Waals surface area contributed by atoms with Gasteiger partial charge in [-0.25, -0.2) is 4.79 Å². The monoisotopic (exact) mass is 366 g/mol. The first kappa shape index (κ1) is 18.1. The van der Waals surface area contributed by atoms with E-state index in [-0.39, 0.29) is 11.5 Å². The normalized spacial score (nSPS) is 17.2. The molecule has 0 unspecified atom stereocenters. The SMILES string of the molecule is CN1C(=O)/C(=C\c2ccc(C(=O)N[C@@H](CO)C(=O)O)cc2)SC1=S. The molecule has 24 heavy (non-hydrogen) atoms. The highest BCUT2D eigenvalue weighted by molar-refractivity contribution is 8.26. The number of hydrogen-bond acceptors (Lipinski definition) is 6. The van der Waals surface area contributed by atoms with Crippen molar-refractivity contribution in [3.8, 4) is 0 Å². The summed E-state index contributed by atoms with van der Waals surface area (Å²) in [5.74, 6) is -2.11. The molecular formula is C15H14N2O5S2. The fourth-order valence-corrected chi connectivity index (χ4v) is 3.03. The number of nitrogens with one attached hydrogen (secondary N) is 1. The molecule has 9 heteroatoms. The number of thioether (sulfide) groups is 1. The van der Waals surface area contributed by atoms with E-state index in [0.717, 1.165) is 0 Å². The van der Waals surface area contributed by atoms with Gasteiger partial charge in [0.15, 0.2) is 6.04 Å². The molecule has 0 bridgehead atoms. The standard InChI is InChI=1S/C15H14N2O5S2/c1-17-13(20)11(24-15(17)23)6-8-2-4-9(5-3-8)12(19)16-10(7-18)14(21)22/h2-6,10,18H,7H2,1H3,(H,16,19)(H,21,22)/b11-6+/t10-/m0/s1. The van der Waals surface area contributed by atoms with Crippen molar-refractivity contribution in [2.75, 3.05) is 13.7 Å². The molecule has 1 aliphatic rings. The van der Waals surface area contributed by atoms with Crippen molar-refractivity contribution in [3.05, 3.63) is 40.3 Å². The number of benzene rings is 1. The highest BCUT2D eigenvalue weighted by Crippen LogP contribution is 2.31. The molecule has 1 fully saturated rings. The summed E-state index contributed by atoms with van der Waals surface area (Å²) in [4.78, 5) is 36.5. The zero-order valence-corrected chi connectivity index (χ0v) is 14.2. The van der Waals surface area contributed by atoms with Crippen LogP contribution in [0.4, 0.5) is 0 Å². The molecule has 1 heterocycles. The van der Waals surface area contributed by atoms with E-state index < -0.39 is 24.5 Å². The third kappa shape index (κ3) is 3.99. The Balaban J connectivity index is 2.11. The number of carboxylic acids is 1. The van der Waals surface area contributed by atoms with Gasteiger partial charge in [0.1, 0.15) is 4.32 Å². The lowest BCUT2D eigenvalue weighted by atomic mass is 10.1. The molecule has 1 aromatic rings. The lowest BCUT2D eigenvalue weighted by molar-refractivity contribution is -0.140. The van der Waals surface area contributed by atoms with Gasteiger partial charge in [0.05, 0.1) is 11.5 Å². The minimum atomic E-state index is -1.36. The summed E-state index contributed by atoms with van der Waals surface area (Å²) < 4.78 is 0.478. The number of aliphatic carboxylic acids is 1. The Morgan fingerprint density at radius 3 is 2.46 bits per heavy atom. The first-order valence-corrected chi connectivity index (χ1v) is 8.02. The molecule has 0 aromatic heterocycles. The number of carboxylic acid groups (broad SMARTS) is 1. The zero-order valence-electron chi connectivity index (χ0n) is 12.6. The number of aliphatic hydroxyl groups excluding tert-OH is 1. The van der Waals surface area contributed by atoms with Crippen molar-refractivity contribution in [3.63, 3.8) is 0 Å². The van der Waals surface area contributed by atoms with Crippen LogP contribution in [0.5, 0.6) is 0 Å². The van der Waals surface area contributed by atoms with Crippen LogP contribution in [0.15, 0.2) is 29.2 Å². The third-order valence-corrected chi connectivity index (χ3v) is 4.73. The Labute approximate surface area is 147 Å². The fraction of sp³-hybridized carbons (Fsp3) is 0.200. The maximum absolute atomic E-state index is 11.9. The van der Waals surface area contributed by atoms with E-state index in [1.807, 2.05) is 0 Å². The maximum Gasteiger partial charge on any atom is 0.328 e. The molecule has 3 N–H and O–H groups in total. The number of likely N-dealkylation sites (N-methyl/N-ethyl adjacent to an activating group) is 1. The van der Waals surface area contributed by atoms with Crippen molar-refractivity contribution < 1.29 is 24.6 Å². The molecule has 7 nitrogen and oxygen atoms in total. The van der Waals surface area contributed by atoms with Crippen LogP contribution >= 0.6 is 24.0 Å². The number of amides is 2. The Hall–Kier alpha value is -2.23. The van der Waals surface area contributed by atoms with Gasteiger partial charge in [0, 0.05) is 12.6 Å². The number of thiocarbonyl (C=S) groups is 1. The highest BCUT2D eigenvalue weighted by Gasteiger charge is 2.28. The van der Waals surface area contributed by atoms with E-state index in [0.29, 0.717) is 14.8 Å². The fourth-order valence-electron chi connectivity index (χ4n) is 1.85. The van der Waals surface area contributed by atoms with Gasteiger partial charge in [-0.2, -0.15) is 0 Å². The van der Waals surface area contributed by atoms with E-state index in [2.05, 4.69) is 5.32 Å². The van der Waals surface area contributed by atoms with Crippen LogP contribution in [-0.4, -0.2) is 56.9 Å². The third-order valence-electron chi connectivity index (χ3n) is 3.24. The van der Waals surface area contributed by atoms with Crippen molar-refractivity contribution in [1.82, 2.24) is 10.2 Å². The molecule has 0 aliphatic carbocycles. The summed E-state index contributed by atoms with van der Waals surface area (Å²) in [5, 5.41) is 19.9. The lowest BCUT2D eigenvalue weighted by Crippen LogP contribution is -2.43. The largest absolute Gasteiger partial charge is 0.480 e. The number of nitrogens with zero attached hydrogens (tertiary/aromatic N) is 1. The van der Waals surface area contributed by atoms with Crippen molar-refractivity contribution in [2.45, 2.75) is 6.04 Å². The van der Waals surface area contributed by atoms with Crippen LogP contribution < -0.4 is 5.32 Å². The van der Waals surface area contributed by atoms with Crippen molar-refractivity contribution >= 4 is 52.2 Å². The summed E-state index contributed by atoms with van der Waals surface area (Å²) >= 11 is 6.24. The van der Waals surface area contributed by atoms with Gasteiger partial charge in [-0.15, -0.1) is 0 Å². The van der Waals surface area contributed by atoms with Crippen molar-refractivity contribution in [2.24, 2.45) is 0 Å². The van der Waals surface area contributed by atoms with E-state index in [9.17, 15) is 14.4 Å². The molecule has 1 aromatic carbocycles. The van der Waals surface area contributed by atoms with E-state index in [1.54, 1.807) is 25.3 Å². The summed E-state index contributed by atoms with van der Waals surface area (Å²) in [7, 11) is 1.60. The van der Waals surface area contributed by atoms with E-state index in [1.165, 1.54) is 28.8 Å². The summed E-state index contributed by atoms with van der Waals surface area (Å²) in [6.45, 7) is -0.696. The molecule has 0 radical (unpaired) electrons. The zero-order chi connectivity index (χ0) is 17.9. The van der Waals surface area contributed by atoms with E-state index >= 15 is 0 Å². The predicted molar refractivity (Wildman–Crippen MR) is 93.4 cm³/mol. The minimum Gasteiger partial charge on any atom is -0.480 e. The molecule has 0 spiro atoms. The topological polar surface area (TPSA) is 107 Å².